The number of aromatic hydroxyl groups is 1. The first-order chi connectivity index (χ1) is 14.0. The van der Waals surface area contributed by atoms with E-state index in [4.69, 9.17) is 0 Å². The Hall–Kier alpha value is -1.96. The molecule has 156 valence electrons. The van der Waals surface area contributed by atoms with E-state index >= 15 is 0 Å². The molecule has 0 saturated carbocycles. The molecule has 1 saturated heterocycles. The molecule has 0 unspecified atom stereocenters. The lowest BCUT2D eigenvalue weighted by Gasteiger charge is -2.34. The lowest BCUT2D eigenvalue weighted by Crippen LogP contribution is -3.28. The van der Waals surface area contributed by atoms with Crippen LogP contribution < -0.4 is 9.80 Å². The summed E-state index contributed by atoms with van der Waals surface area (Å²) in [5.74, 6) is 1.55. The van der Waals surface area contributed by atoms with Crippen molar-refractivity contribution in [2.75, 3.05) is 32.7 Å². The van der Waals surface area contributed by atoms with Gasteiger partial charge in [-0.1, -0.05) is 56.4 Å². The van der Waals surface area contributed by atoms with Crippen LogP contribution in [0.2, 0.25) is 0 Å². The van der Waals surface area contributed by atoms with Gasteiger partial charge in [-0.25, -0.2) is 4.98 Å². The smallest absolute Gasteiger partial charge is 0.235 e. The van der Waals surface area contributed by atoms with E-state index in [1.54, 1.807) is 20.8 Å². The molecule has 0 bridgehead atoms. The van der Waals surface area contributed by atoms with Gasteiger partial charge in [0.05, 0.1) is 6.54 Å². The van der Waals surface area contributed by atoms with E-state index in [9.17, 15) is 5.11 Å². The topological polar surface area (TPSA) is 59.3 Å². The maximum Gasteiger partial charge on any atom is 0.235 e. The van der Waals surface area contributed by atoms with Gasteiger partial charge in [-0.3, -0.25) is 0 Å². The largest absolute Gasteiger partial charge is 0.492 e. The second-order valence-electron chi connectivity index (χ2n) is 8.38. The SMILES string of the molecule is CCc1nc2sc([C@H](c3ccc(C(C)C)cc3)[NH+]3CC[NH+](CC)CC3)c(O)n2n1. The Bertz CT molecular complexity index is 954. The van der Waals surface area contributed by atoms with E-state index in [1.807, 2.05) is 6.92 Å². The average molecular weight is 416 g/mol. The maximum atomic E-state index is 11.1. The Balaban J connectivity index is 1.74. The summed E-state index contributed by atoms with van der Waals surface area (Å²) in [5, 5.41) is 15.5. The van der Waals surface area contributed by atoms with Gasteiger partial charge in [0, 0.05) is 12.0 Å². The minimum atomic E-state index is 0.119. The molecule has 6 nitrogen and oxygen atoms in total. The van der Waals surface area contributed by atoms with Crippen molar-refractivity contribution >= 4 is 16.3 Å². The van der Waals surface area contributed by atoms with Gasteiger partial charge in [0.1, 0.15) is 31.1 Å². The number of thiazole rings is 1. The molecule has 3 aromatic rings. The highest BCUT2D eigenvalue weighted by Crippen LogP contribution is 2.35. The van der Waals surface area contributed by atoms with E-state index in [0.29, 0.717) is 5.92 Å². The van der Waals surface area contributed by atoms with Crippen LogP contribution in [0.5, 0.6) is 5.88 Å². The predicted octanol–water partition coefficient (Wildman–Crippen LogP) is 1.07. The van der Waals surface area contributed by atoms with Crippen LogP contribution in [0.4, 0.5) is 0 Å². The number of piperazine rings is 1. The summed E-state index contributed by atoms with van der Waals surface area (Å²) in [5.41, 5.74) is 2.61. The Morgan fingerprint density at radius 2 is 1.72 bits per heavy atom. The van der Waals surface area contributed by atoms with Gasteiger partial charge in [0.15, 0.2) is 11.9 Å². The van der Waals surface area contributed by atoms with E-state index in [1.165, 1.54) is 35.7 Å². The fourth-order valence-corrected chi connectivity index (χ4v) is 5.50. The van der Waals surface area contributed by atoms with Crippen LogP contribution in [-0.2, 0) is 6.42 Å². The third-order valence-corrected chi connectivity index (χ3v) is 7.35. The van der Waals surface area contributed by atoms with Crippen molar-refractivity contribution in [2.45, 2.75) is 46.1 Å². The van der Waals surface area contributed by atoms with Crippen LogP contribution in [0.15, 0.2) is 24.3 Å². The zero-order valence-electron chi connectivity index (χ0n) is 17.9. The number of aromatic nitrogens is 3. The van der Waals surface area contributed by atoms with Crippen molar-refractivity contribution < 1.29 is 14.9 Å². The van der Waals surface area contributed by atoms with Gasteiger partial charge in [0.25, 0.3) is 0 Å². The number of likely N-dealkylation sites (N-methyl/N-ethyl adjacent to an activating group) is 1. The number of aryl methyl sites for hydroxylation is 1. The number of nitrogens with zero attached hydrogens (tertiary/aromatic N) is 3. The number of hydrogen-bond donors (Lipinski definition) is 3. The predicted molar refractivity (Wildman–Crippen MR) is 116 cm³/mol. The Kier molecular flexibility index (Phi) is 5.90. The van der Waals surface area contributed by atoms with Gasteiger partial charge in [-0.2, -0.15) is 4.52 Å². The highest BCUT2D eigenvalue weighted by Gasteiger charge is 2.35. The second-order valence-corrected chi connectivity index (χ2v) is 9.39. The molecule has 3 N–H and O–H groups in total. The third kappa shape index (κ3) is 3.91. The molecule has 1 atom stereocenters. The summed E-state index contributed by atoms with van der Waals surface area (Å²) < 4.78 is 1.63. The molecular formula is C22H33N5OS+2. The first-order valence-corrected chi connectivity index (χ1v) is 11.7. The number of rotatable bonds is 6. The fraction of sp³-hybridized carbons (Fsp3) is 0.545. The molecule has 3 heterocycles. The van der Waals surface area contributed by atoms with Crippen LogP contribution in [-0.4, -0.2) is 52.4 Å². The van der Waals surface area contributed by atoms with Crippen LogP contribution >= 0.6 is 11.3 Å². The molecule has 0 aliphatic carbocycles. The molecule has 0 spiro atoms. The van der Waals surface area contributed by atoms with Crippen molar-refractivity contribution in [3.8, 4) is 5.88 Å². The standard InChI is InChI=1S/C22H31N5OS/c1-5-18-23-22-27(24-18)21(28)20(29-22)19(26-13-11-25(6-2)12-14-26)17-9-7-16(8-10-17)15(3)4/h7-10,15,19,28H,5-6,11-14H2,1-4H3/p+2/t19-/m0/s1. The van der Waals surface area contributed by atoms with Crippen molar-refractivity contribution in [3.63, 3.8) is 0 Å². The van der Waals surface area contributed by atoms with E-state index < -0.39 is 0 Å². The highest BCUT2D eigenvalue weighted by molar-refractivity contribution is 7.17. The number of quaternary nitrogens is 2. The molecular weight excluding hydrogens is 382 g/mol. The minimum Gasteiger partial charge on any atom is -0.492 e. The fourth-order valence-electron chi connectivity index (χ4n) is 4.34. The first-order valence-electron chi connectivity index (χ1n) is 10.9. The zero-order chi connectivity index (χ0) is 20.5. The molecule has 1 aliphatic heterocycles. The Morgan fingerprint density at radius 1 is 1.07 bits per heavy atom. The first kappa shape index (κ1) is 20.3. The lowest BCUT2D eigenvalue weighted by molar-refractivity contribution is -1.02. The molecule has 1 aliphatic rings. The van der Waals surface area contributed by atoms with Gasteiger partial charge in [-0.15, -0.1) is 5.10 Å². The van der Waals surface area contributed by atoms with Crippen LogP contribution in [0.3, 0.4) is 0 Å². The summed E-state index contributed by atoms with van der Waals surface area (Å²) in [7, 11) is 0. The second kappa shape index (κ2) is 8.42. The average Bonchev–Trinajstić information content (AvgIpc) is 3.28. The van der Waals surface area contributed by atoms with Crippen molar-refractivity contribution in [1.82, 2.24) is 14.6 Å². The third-order valence-electron chi connectivity index (χ3n) is 6.27. The lowest BCUT2D eigenvalue weighted by atomic mass is 9.97. The zero-order valence-corrected chi connectivity index (χ0v) is 18.7. The van der Waals surface area contributed by atoms with Gasteiger partial charge < -0.3 is 14.9 Å². The molecule has 29 heavy (non-hydrogen) atoms. The van der Waals surface area contributed by atoms with Gasteiger partial charge in [0.2, 0.25) is 10.8 Å². The quantitative estimate of drug-likeness (QED) is 0.565. The molecule has 2 aromatic heterocycles. The Labute approximate surface area is 176 Å². The van der Waals surface area contributed by atoms with E-state index in [0.717, 1.165) is 35.2 Å². The summed E-state index contributed by atoms with van der Waals surface area (Å²) in [4.78, 5) is 9.55. The Morgan fingerprint density at radius 3 is 2.28 bits per heavy atom. The van der Waals surface area contributed by atoms with Crippen LogP contribution in [0.1, 0.15) is 61.5 Å². The molecule has 7 heteroatoms. The molecule has 1 fully saturated rings. The monoisotopic (exact) mass is 415 g/mol. The summed E-state index contributed by atoms with van der Waals surface area (Å²) in [6.45, 7) is 14.5. The van der Waals surface area contributed by atoms with Crippen LogP contribution in [0.25, 0.3) is 4.96 Å². The summed E-state index contributed by atoms with van der Waals surface area (Å²) in [6, 6.07) is 9.10. The molecule has 4 rings (SSSR count). The van der Waals surface area contributed by atoms with Crippen molar-refractivity contribution in [3.05, 3.63) is 46.1 Å². The highest BCUT2D eigenvalue weighted by atomic mass is 32.1. The van der Waals surface area contributed by atoms with E-state index in [-0.39, 0.29) is 11.9 Å². The number of hydrogen-bond acceptors (Lipinski definition) is 4. The minimum absolute atomic E-state index is 0.119. The van der Waals surface area contributed by atoms with E-state index in [2.05, 4.69) is 55.1 Å². The molecule has 0 amide bonds. The van der Waals surface area contributed by atoms with Crippen molar-refractivity contribution in [1.29, 1.82) is 0 Å². The summed E-state index contributed by atoms with van der Waals surface area (Å²) >= 11 is 1.59. The van der Waals surface area contributed by atoms with Gasteiger partial charge >= 0.3 is 0 Å². The number of nitrogens with one attached hydrogen (secondary N) is 2. The normalized spacial score (nSPS) is 21.1. The molecule has 0 radical (unpaired) electrons. The number of benzene rings is 1. The van der Waals surface area contributed by atoms with Crippen molar-refractivity contribution in [2.24, 2.45) is 0 Å². The molecule has 1 aromatic carbocycles. The van der Waals surface area contributed by atoms with Gasteiger partial charge in [-0.05, 0) is 18.4 Å². The number of fused-ring (bicyclic) bond motifs is 1. The maximum absolute atomic E-state index is 11.1. The summed E-state index contributed by atoms with van der Waals surface area (Å²) in [6.07, 6.45) is 0.774. The van der Waals surface area contributed by atoms with Crippen LogP contribution in [0, 0.1) is 0 Å².